The molecule has 1 unspecified atom stereocenters. The van der Waals surface area contributed by atoms with E-state index in [1.54, 1.807) is 0 Å². The lowest BCUT2D eigenvalue weighted by Crippen LogP contribution is -2.53. The molecule has 1 atom stereocenters. The highest BCUT2D eigenvalue weighted by Gasteiger charge is 2.25. The van der Waals surface area contributed by atoms with Crippen LogP contribution in [0, 0.1) is 0 Å². The molecule has 0 aromatic carbocycles. The third kappa shape index (κ3) is 3.75. The van der Waals surface area contributed by atoms with Gasteiger partial charge in [0.05, 0.1) is 26.4 Å². The highest BCUT2D eigenvalue weighted by atomic mass is 16.5. The molecule has 0 radical (unpaired) electrons. The van der Waals surface area contributed by atoms with Gasteiger partial charge in [-0.05, 0) is 0 Å². The maximum absolute atomic E-state index is 11.8. The molecule has 88 valence electrons. The molecule has 0 bridgehead atoms. The molecule has 1 saturated heterocycles. The van der Waals surface area contributed by atoms with Crippen molar-refractivity contribution in [3.63, 3.8) is 0 Å². The molecule has 1 rings (SSSR count). The van der Waals surface area contributed by atoms with Crippen LogP contribution in [0.4, 0.5) is 0 Å². The second-order valence-corrected chi connectivity index (χ2v) is 3.35. The quantitative estimate of drug-likeness (QED) is 0.487. The van der Waals surface area contributed by atoms with Gasteiger partial charge in [0.15, 0.2) is 0 Å². The number of aliphatic hydroxyl groups excluding tert-OH is 2. The minimum Gasteiger partial charge on any atom is -0.395 e. The number of nitrogens with zero attached hydrogens (tertiary/aromatic N) is 1. The van der Waals surface area contributed by atoms with Crippen molar-refractivity contribution in [3.8, 4) is 0 Å². The number of aliphatic hydroxyl groups is 2. The van der Waals surface area contributed by atoms with Gasteiger partial charge in [0.2, 0.25) is 5.91 Å². The molecule has 6 nitrogen and oxygen atoms in total. The van der Waals surface area contributed by atoms with Gasteiger partial charge in [-0.1, -0.05) is 0 Å². The van der Waals surface area contributed by atoms with Gasteiger partial charge in [0, 0.05) is 19.6 Å². The molecule has 0 aliphatic carbocycles. The molecule has 0 aromatic heterocycles. The van der Waals surface area contributed by atoms with Crippen molar-refractivity contribution in [1.29, 1.82) is 0 Å². The Bertz CT molecular complexity index is 189. The third-order valence-electron chi connectivity index (χ3n) is 2.27. The number of hydrogen-bond acceptors (Lipinski definition) is 5. The Kier molecular flexibility index (Phi) is 5.56. The van der Waals surface area contributed by atoms with Gasteiger partial charge in [-0.15, -0.1) is 0 Å². The number of ether oxygens (including phenoxy) is 1. The van der Waals surface area contributed by atoms with Crippen LogP contribution in [-0.4, -0.2) is 73.1 Å². The molecule has 1 aliphatic heterocycles. The van der Waals surface area contributed by atoms with Crippen LogP contribution in [0.1, 0.15) is 0 Å². The van der Waals surface area contributed by atoms with Crippen LogP contribution in [-0.2, 0) is 9.53 Å². The summed E-state index contributed by atoms with van der Waals surface area (Å²) in [5.41, 5.74) is 0. The van der Waals surface area contributed by atoms with E-state index in [2.05, 4.69) is 5.32 Å². The first-order valence-corrected chi connectivity index (χ1v) is 5.11. The lowest BCUT2D eigenvalue weighted by atomic mass is 10.2. The number of morpholine rings is 1. The molecule has 1 fully saturated rings. The van der Waals surface area contributed by atoms with Crippen molar-refractivity contribution in [2.45, 2.75) is 6.04 Å². The normalized spacial score (nSPS) is 21.3. The van der Waals surface area contributed by atoms with E-state index in [0.29, 0.717) is 19.8 Å². The molecular formula is C9H18N2O4. The van der Waals surface area contributed by atoms with Gasteiger partial charge in [-0.2, -0.15) is 0 Å². The Balaban J connectivity index is 2.45. The summed E-state index contributed by atoms with van der Waals surface area (Å²) < 4.78 is 5.17. The number of amides is 1. The van der Waals surface area contributed by atoms with Crippen molar-refractivity contribution in [1.82, 2.24) is 10.2 Å². The van der Waals surface area contributed by atoms with E-state index < -0.39 is 0 Å². The van der Waals surface area contributed by atoms with Crippen LogP contribution >= 0.6 is 0 Å². The summed E-state index contributed by atoms with van der Waals surface area (Å²) in [4.78, 5) is 13.3. The van der Waals surface area contributed by atoms with Gasteiger partial charge >= 0.3 is 0 Å². The first-order valence-electron chi connectivity index (χ1n) is 5.11. The van der Waals surface area contributed by atoms with Crippen LogP contribution in [0.15, 0.2) is 0 Å². The monoisotopic (exact) mass is 218 g/mol. The van der Waals surface area contributed by atoms with Crippen LogP contribution in [0.25, 0.3) is 0 Å². The standard InChI is InChI=1S/C9H18N2O4/c12-4-2-11(3-5-13)9(14)8-7-15-6-1-10-8/h8,10,12-13H,1-7H2. The van der Waals surface area contributed by atoms with Gasteiger partial charge in [-0.3, -0.25) is 4.79 Å². The van der Waals surface area contributed by atoms with Crippen molar-refractivity contribution in [2.24, 2.45) is 0 Å². The summed E-state index contributed by atoms with van der Waals surface area (Å²) >= 11 is 0. The van der Waals surface area contributed by atoms with E-state index in [9.17, 15) is 4.79 Å². The minimum atomic E-state index is -0.350. The number of hydrogen-bond donors (Lipinski definition) is 3. The lowest BCUT2D eigenvalue weighted by Gasteiger charge is -2.29. The fourth-order valence-electron chi connectivity index (χ4n) is 1.52. The van der Waals surface area contributed by atoms with E-state index in [-0.39, 0.29) is 38.3 Å². The Morgan fingerprint density at radius 3 is 2.53 bits per heavy atom. The molecule has 6 heteroatoms. The zero-order chi connectivity index (χ0) is 11.1. The van der Waals surface area contributed by atoms with E-state index in [0.717, 1.165) is 0 Å². The van der Waals surface area contributed by atoms with Crippen molar-refractivity contribution >= 4 is 5.91 Å². The summed E-state index contributed by atoms with van der Waals surface area (Å²) in [5.74, 6) is -0.127. The molecule has 0 saturated carbocycles. The average molecular weight is 218 g/mol. The highest BCUT2D eigenvalue weighted by molar-refractivity contribution is 5.82. The fraction of sp³-hybridized carbons (Fsp3) is 0.889. The number of rotatable bonds is 5. The molecule has 1 heterocycles. The third-order valence-corrected chi connectivity index (χ3v) is 2.27. The van der Waals surface area contributed by atoms with Gasteiger partial charge in [0.1, 0.15) is 6.04 Å². The first kappa shape index (κ1) is 12.4. The maximum Gasteiger partial charge on any atom is 0.242 e. The van der Waals surface area contributed by atoms with Crippen LogP contribution in [0.2, 0.25) is 0 Å². The van der Waals surface area contributed by atoms with E-state index in [1.165, 1.54) is 4.90 Å². The minimum absolute atomic E-state index is 0.0979. The topological polar surface area (TPSA) is 82.0 Å². The Morgan fingerprint density at radius 2 is 2.07 bits per heavy atom. The average Bonchev–Trinajstić information content (AvgIpc) is 2.29. The zero-order valence-corrected chi connectivity index (χ0v) is 8.69. The SMILES string of the molecule is O=C(C1COCCN1)N(CCO)CCO. The zero-order valence-electron chi connectivity index (χ0n) is 8.69. The number of carbonyl (C=O) groups is 1. The van der Waals surface area contributed by atoms with E-state index >= 15 is 0 Å². The molecule has 0 aromatic rings. The van der Waals surface area contributed by atoms with E-state index in [1.807, 2.05) is 0 Å². The molecule has 3 N–H and O–H groups in total. The Hall–Kier alpha value is -0.690. The van der Waals surface area contributed by atoms with Gasteiger partial charge in [-0.25, -0.2) is 0 Å². The lowest BCUT2D eigenvalue weighted by molar-refractivity contribution is -0.137. The smallest absolute Gasteiger partial charge is 0.242 e. The number of nitrogens with one attached hydrogen (secondary N) is 1. The number of carbonyl (C=O) groups excluding carboxylic acids is 1. The summed E-state index contributed by atoms with van der Waals surface area (Å²) in [6.07, 6.45) is 0. The largest absolute Gasteiger partial charge is 0.395 e. The van der Waals surface area contributed by atoms with Crippen molar-refractivity contribution in [3.05, 3.63) is 0 Å². The summed E-state index contributed by atoms with van der Waals surface area (Å²) in [5, 5.41) is 20.6. The molecule has 0 spiro atoms. The predicted octanol–water partition coefficient (Wildman–Crippen LogP) is -2.21. The summed E-state index contributed by atoms with van der Waals surface area (Å²) in [6, 6.07) is -0.350. The van der Waals surface area contributed by atoms with Crippen molar-refractivity contribution < 1.29 is 19.7 Å². The summed E-state index contributed by atoms with van der Waals surface area (Å²) in [7, 11) is 0. The highest BCUT2D eigenvalue weighted by Crippen LogP contribution is 1.99. The molecule has 1 amide bonds. The second kappa shape index (κ2) is 6.73. The van der Waals surface area contributed by atoms with Crippen LogP contribution in [0.5, 0.6) is 0 Å². The molecule has 15 heavy (non-hydrogen) atoms. The molecular weight excluding hydrogens is 200 g/mol. The van der Waals surface area contributed by atoms with Crippen LogP contribution in [0.3, 0.4) is 0 Å². The first-order chi connectivity index (χ1) is 7.29. The molecule has 1 aliphatic rings. The van der Waals surface area contributed by atoms with E-state index in [4.69, 9.17) is 14.9 Å². The van der Waals surface area contributed by atoms with Gasteiger partial charge in [0.25, 0.3) is 0 Å². The van der Waals surface area contributed by atoms with Gasteiger partial charge < -0.3 is 25.2 Å². The Morgan fingerprint density at radius 1 is 1.40 bits per heavy atom. The maximum atomic E-state index is 11.8. The second-order valence-electron chi connectivity index (χ2n) is 3.35. The van der Waals surface area contributed by atoms with Crippen molar-refractivity contribution in [2.75, 3.05) is 46.1 Å². The van der Waals surface area contributed by atoms with Crippen LogP contribution < -0.4 is 5.32 Å². The Labute approximate surface area is 88.8 Å². The predicted molar refractivity (Wildman–Crippen MR) is 53.4 cm³/mol. The fourth-order valence-corrected chi connectivity index (χ4v) is 1.52. The summed E-state index contributed by atoms with van der Waals surface area (Å²) in [6.45, 7) is 1.92.